The average molecular weight is 256 g/mol. The molecule has 90 valence electrons. The normalized spacial score (nSPS) is 10.9. The molecule has 0 saturated carbocycles. The van der Waals surface area contributed by atoms with Crippen molar-refractivity contribution in [2.75, 3.05) is 7.11 Å². The number of esters is 1. The molecule has 0 atom stereocenters. The van der Waals surface area contributed by atoms with Crippen molar-refractivity contribution in [3.8, 4) is 0 Å². The number of carbonyl (C=O) groups is 1. The highest BCUT2D eigenvalue weighted by molar-refractivity contribution is 6.36. The number of ether oxygens (including phenoxy) is 1. The van der Waals surface area contributed by atoms with Crippen LogP contribution in [-0.2, 0) is 11.8 Å². The molecule has 2 rings (SSSR count). The van der Waals surface area contributed by atoms with Crippen LogP contribution in [0.2, 0.25) is 5.02 Å². The number of benzene rings is 1. The number of aryl methyl sites for hydroxylation is 2. The predicted octanol–water partition coefficient (Wildman–Crippen LogP) is 3.07. The third-order valence-corrected chi connectivity index (χ3v) is 3.25. The Morgan fingerprint density at radius 2 is 2.12 bits per heavy atom. The number of halogens is 2. The van der Waals surface area contributed by atoms with Crippen LogP contribution in [0.1, 0.15) is 16.1 Å². The summed E-state index contributed by atoms with van der Waals surface area (Å²) in [6, 6.07) is 2.88. The topological polar surface area (TPSA) is 31.2 Å². The van der Waals surface area contributed by atoms with E-state index in [0.717, 1.165) is 0 Å². The zero-order valence-corrected chi connectivity index (χ0v) is 10.4. The van der Waals surface area contributed by atoms with Crippen LogP contribution in [0, 0.1) is 12.7 Å². The van der Waals surface area contributed by atoms with Gasteiger partial charge in [0.05, 0.1) is 17.6 Å². The average Bonchev–Trinajstić information content (AvgIpc) is 2.56. The molecule has 0 saturated heterocycles. The quantitative estimate of drug-likeness (QED) is 0.734. The van der Waals surface area contributed by atoms with Gasteiger partial charge in [-0.3, -0.25) is 0 Å². The summed E-state index contributed by atoms with van der Waals surface area (Å²) in [5, 5.41) is 0.584. The molecule has 0 spiro atoms. The molecule has 0 amide bonds. The molecule has 17 heavy (non-hydrogen) atoms. The first kappa shape index (κ1) is 11.9. The van der Waals surface area contributed by atoms with Crippen LogP contribution in [0.15, 0.2) is 12.1 Å². The van der Waals surface area contributed by atoms with E-state index in [9.17, 15) is 9.18 Å². The van der Waals surface area contributed by atoms with Gasteiger partial charge in [-0.05, 0) is 24.6 Å². The highest BCUT2D eigenvalue weighted by Crippen LogP contribution is 2.32. The largest absolute Gasteiger partial charge is 0.464 e. The van der Waals surface area contributed by atoms with Crippen molar-refractivity contribution in [3.05, 3.63) is 34.2 Å². The smallest absolute Gasteiger partial charge is 0.354 e. The number of aromatic nitrogens is 1. The minimum Gasteiger partial charge on any atom is -0.464 e. The number of methoxy groups -OCH3 is 1. The molecule has 1 aromatic carbocycles. The number of nitrogens with zero attached hydrogens (tertiary/aromatic N) is 1. The Morgan fingerprint density at radius 1 is 1.47 bits per heavy atom. The molecule has 1 aromatic heterocycles. The third kappa shape index (κ3) is 1.60. The summed E-state index contributed by atoms with van der Waals surface area (Å²) in [5.74, 6) is -0.957. The van der Waals surface area contributed by atoms with E-state index in [2.05, 4.69) is 0 Å². The Kier molecular flexibility index (Phi) is 2.83. The molecule has 0 unspecified atom stereocenters. The van der Waals surface area contributed by atoms with Gasteiger partial charge < -0.3 is 9.30 Å². The first-order valence-electron chi connectivity index (χ1n) is 5.00. The zero-order valence-electron chi connectivity index (χ0n) is 9.67. The Labute approximate surface area is 103 Å². The van der Waals surface area contributed by atoms with Gasteiger partial charge >= 0.3 is 5.97 Å². The van der Waals surface area contributed by atoms with Gasteiger partial charge in [-0.15, -0.1) is 0 Å². The lowest BCUT2D eigenvalue weighted by Crippen LogP contribution is -2.08. The van der Waals surface area contributed by atoms with Crippen LogP contribution in [0.3, 0.4) is 0 Å². The number of fused-ring (bicyclic) bond motifs is 1. The maximum Gasteiger partial charge on any atom is 0.354 e. The Morgan fingerprint density at radius 3 is 2.71 bits per heavy atom. The Balaban J connectivity index is 2.90. The second kappa shape index (κ2) is 4.04. The van der Waals surface area contributed by atoms with Gasteiger partial charge in [-0.2, -0.15) is 0 Å². The van der Waals surface area contributed by atoms with Crippen LogP contribution in [-0.4, -0.2) is 17.6 Å². The number of hydrogen-bond acceptors (Lipinski definition) is 2. The van der Waals surface area contributed by atoms with Crippen molar-refractivity contribution in [2.24, 2.45) is 7.05 Å². The number of rotatable bonds is 1. The molecule has 2 aromatic rings. The third-order valence-electron chi connectivity index (χ3n) is 2.88. The van der Waals surface area contributed by atoms with Crippen molar-refractivity contribution in [2.45, 2.75) is 6.92 Å². The summed E-state index contributed by atoms with van der Waals surface area (Å²) in [5.41, 5.74) is 1.71. The minimum atomic E-state index is -0.496. The second-order valence-corrected chi connectivity index (χ2v) is 4.16. The summed E-state index contributed by atoms with van der Waals surface area (Å²) < 4.78 is 19.8. The molecular weight excluding hydrogens is 245 g/mol. The van der Waals surface area contributed by atoms with E-state index in [-0.39, 0.29) is 5.02 Å². The van der Waals surface area contributed by atoms with Gasteiger partial charge in [-0.25, -0.2) is 9.18 Å². The maximum absolute atomic E-state index is 13.4. The van der Waals surface area contributed by atoms with Gasteiger partial charge in [0, 0.05) is 12.4 Å². The summed E-state index contributed by atoms with van der Waals surface area (Å²) in [6.45, 7) is 1.72. The van der Waals surface area contributed by atoms with E-state index in [1.54, 1.807) is 24.6 Å². The van der Waals surface area contributed by atoms with E-state index < -0.39 is 11.8 Å². The van der Waals surface area contributed by atoms with Gasteiger partial charge in [-0.1, -0.05) is 11.6 Å². The fourth-order valence-corrected chi connectivity index (χ4v) is 2.36. The number of hydrogen-bond donors (Lipinski definition) is 0. The molecule has 0 aliphatic heterocycles. The minimum absolute atomic E-state index is 0.0331. The van der Waals surface area contributed by atoms with Crippen molar-refractivity contribution in [1.82, 2.24) is 4.57 Å². The van der Waals surface area contributed by atoms with Crippen molar-refractivity contribution in [3.63, 3.8) is 0 Å². The summed E-state index contributed by atoms with van der Waals surface area (Å²) in [7, 11) is 3.03. The summed E-state index contributed by atoms with van der Waals surface area (Å²) in [6.07, 6.45) is 0. The zero-order chi connectivity index (χ0) is 12.7. The van der Waals surface area contributed by atoms with E-state index in [1.807, 2.05) is 0 Å². The van der Waals surface area contributed by atoms with E-state index >= 15 is 0 Å². The maximum atomic E-state index is 13.4. The lowest BCUT2D eigenvalue weighted by atomic mass is 10.1. The Bertz CT molecular complexity index is 619. The van der Waals surface area contributed by atoms with E-state index in [1.165, 1.54) is 13.2 Å². The molecule has 0 N–H and O–H groups in total. The van der Waals surface area contributed by atoms with Crippen LogP contribution >= 0.6 is 11.6 Å². The molecule has 0 fully saturated rings. The standard InChI is InChI=1S/C12H11ClFNO2/c1-6-9-8(5-4-7(14)10(9)13)15(2)11(6)12(16)17-3/h4-5H,1-3H3. The first-order chi connectivity index (χ1) is 7.99. The molecule has 5 heteroatoms. The highest BCUT2D eigenvalue weighted by Gasteiger charge is 2.21. The molecule has 0 aliphatic carbocycles. The predicted molar refractivity (Wildman–Crippen MR) is 64.0 cm³/mol. The SMILES string of the molecule is COC(=O)c1c(C)c2c(Cl)c(F)ccc2n1C. The molecule has 0 bridgehead atoms. The van der Waals surface area contributed by atoms with Crippen LogP contribution in [0.25, 0.3) is 10.9 Å². The monoisotopic (exact) mass is 255 g/mol. The van der Waals surface area contributed by atoms with Crippen molar-refractivity contribution in [1.29, 1.82) is 0 Å². The van der Waals surface area contributed by atoms with Crippen molar-refractivity contribution >= 4 is 28.5 Å². The van der Waals surface area contributed by atoms with Gasteiger partial charge in [0.1, 0.15) is 11.5 Å². The molecular formula is C12H11ClFNO2. The molecule has 1 heterocycles. The van der Waals surface area contributed by atoms with Gasteiger partial charge in [0.2, 0.25) is 0 Å². The highest BCUT2D eigenvalue weighted by atomic mass is 35.5. The molecule has 0 radical (unpaired) electrons. The first-order valence-corrected chi connectivity index (χ1v) is 5.38. The van der Waals surface area contributed by atoms with Gasteiger partial charge in [0.25, 0.3) is 0 Å². The fraction of sp³-hybridized carbons (Fsp3) is 0.250. The van der Waals surface area contributed by atoms with Crippen molar-refractivity contribution < 1.29 is 13.9 Å². The molecule has 3 nitrogen and oxygen atoms in total. The van der Waals surface area contributed by atoms with Gasteiger partial charge in [0.15, 0.2) is 0 Å². The Hall–Kier alpha value is -1.55. The van der Waals surface area contributed by atoms with E-state index in [0.29, 0.717) is 22.2 Å². The van der Waals surface area contributed by atoms with E-state index in [4.69, 9.17) is 16.3 Å². The van der Waals surface area contributed by atoms with Crippen LogP contribution in [0.4, 0.5) is 4.39 Å². The summed E-state index contributed by atoms with van der Waals surface area (Å²) in [4.78, 5) is 11.6. The molecule has 0 aliphatic rings. The fourth-order valence-electron chi connectivity index (χ4n) is 2.05. The summed E-state index contributed by atoms with van der Waals surface area (Å²) >= 11 is 5.92. The van der Waals surface area contributed by atoms with Crippen LogP contribution in [0.5, 0.6) is 0 Å². The lowest BCUT2D eigenvalue weighted by Gasteiger charge is -2.02. The second-order valence-electron chi connectivity index (χ2n) is 3.78. The lowest BCUT2D eigenvalue weighted by molar-refractivity contribution is 0.0589. The number of carbonyl (C=O) groups excluding carboxylic acids is 1. The van der Waals surface area contributed by atoms with Crippen LogP contribution < -0.4 is 0 Å².